The Morgan fingerprint density at radius 2 is 1.77 bits per heavy atom. The summed E-state index contributed by atoms with van der Waals surface area (Å²) < 4.78 is 24.6. The second-order valence-electron chi connectivity index (χ2n) is 7.18. The minimum atomic E-state index is -3.58. The second kappa shape index (κ2) is 6.41. The lowest BCUT2D eigenvalue weighted by atomic mass is 9.71. The quantitative estimate of drug-likeness (QED) is 0.859. The van der Waals surface area contributed by atoms with Crippen molar-refractivity contribution >= 4 is 15.7 Å². The molecule has 0 aliphatic heterocycles. The van der Waals surface area contributed by atoms with Crippen molar-refractivity contribution in [3.8, 4) is 0 Å². The van der Waals surface area contributed by atoms with Gasteiger partial charge in [-0.05, 0) is 43.7 Å². The van der Waals surface area contributed by atoms with E-state index in [4.69, 9.17) is 0 Å². The Labute approximate surface area is 134 Å². The van der Waals surface area contributed by atoms with Crippen molar-refractivity contribution < 1.29 is 8.42 Å². The zero-order chi connectivity index (χ0) is 16.4. The number of nitrogens with zero attached hydrogens (tertiary/aromatic N) is 1. The summed E-state index contributed by atoms with van der Waals surface area (Å²) >= 11 is 0. The predicted octanol–water partition coefficient (Wildman–Crippen LogP) is 3.87. The number of benzene rings is 1. The van der Waals surface area contributed by atoms with Gasteiger partial charge in [0.1, 0.15) is 0 Å². The Kier molecular flexibility index (Phi) is 4.95. The predicted molar refractivity (Wildman–Crippen MR) is 90.3 cm³/mol. The number of hydrazone groups is 1. The maximum atomic E-state index is 12.3. The fraction of sp³-hybridized carbons (Fsp3) is 0.588. The van der Waals surface area contributed by atoms with E-state index < -0.39 is 10.0 Å². The van der Waals surface area contributed by atoms with Crippen LogP contribution in [-0.4, -0.2) is 14.1 Å². The highest BCUT2D eigenvalue weighted by atomic mass is 32.2. The minimum Gasteiger partial charge on any atom is -0.200 e. The summed E-state index contributed by atoms with van der Waals surface area (Å²) in [5, 5.41) is 4.28. The number of hydrogen-bond acceptors (Lipinski definition) is 3. The standard InChI is InChI=1S/C17H26N2O2S/c1-13-9-11-14(12-10-13)22(20,21)19-18-16-8-6-5-7-15(16)17(2,3)4/h9-12,15,19H,5-8H2,1-4H3/b18-16-. The molecule has 5 heteroatoms. The van der Waals surface area contributed by atoms with Crippen molar-refractivity contribution in [2.24, 2.45) is 16.4 Å². The summed E-state index contributed by atoms with van der Waals surface area (Å²) in [6, 6.07) is 6.81. The molecule has 1 saturated carbocycles. The monoisotopic (exact) mass is 322 g/mol. The summed E-state index contributed by atoms with van der Waals surface area (Å²) in [6.07, 6.45) is 4.22. The van der Waals surface area contributed by atoms with Crippen LogP contribution >= 0.6 is 0 Å². The van der Waals surface area contributed by atoms with Crippen LogP contribution in [0, 0.1) is 18.3 Å². The molecule has 22 heavy (non-hydrogen) atoms. The van der Waals surface area contributed by atoms with Crippen molar-refractivity contribution in [1.29, 1.82) is 0 Å². The van der Waals surface area contributed by atoms with Gasteiger partial charge >= 0.3 is 0 Å². The van der Waals surface area contributed by atoms with Crippen LogP contribution in [0.1, 0.15) is 52.0 Å². The van der Waals surface area contributed by atoms with Gasteiger partial charge in [-0.1, -0.05) is 44.9 Å². The molecule has 122 valence electrons. The van der Waals surface area contributed by atoms with Gasteiger partial charge < -0.3 is 0 Å². The van der Waals surface area contributed by atoms with Crippen LogP contribution in [0.15, 0.2) is 34.3 Å². The third-order valence-electron chi connectivity index (χ3n) is 4.26. The summed E-state index contributed by atoms with van der Waals surface area (Å²) in [5.74, 6) is 0.335. The van der Waals surface area contributed by atoms with E-state index in [0.29, 0.717) is 5.92 Å². The van der Waals surface area contributed by atoms with Gasteiger partial charge in [0.2, 0.25) is 0 Å². The molecule has 1 N–H and O–H groups in total. The Hall–Kier alpha value is -1.36. The van der Waals surface area contributed by atoms with Crippen molar-refractivity contribution in [3.63, 3.8) is 0 Å². The molecular formula is C17H26N2O2S. The number of sulfonamides is 1. The molecular weight excluding hydrogens is 296 g/mol. The molecule has 1 aliphatic carbocycles. The molecule has 4 nitrogen and oxygen atoms in total. The Balaban J connectivity index is 2.20. The van der Waals surface area contributed by atoms with E-state index in [0.717, 1.165) is 30.5 Å². The van der Waals surface area contributed by atoms with Crippen LogP contribution in [0.4, 0.5) is 0 Å². The third-order valence-corrected chi connectivity index (χ3v) is 5.49. The lowest BCUT2D eigenvalue weighted by molar-refractivity contribution is 0.276. The fourth-order valence-corrected chi connectivity index (χ4v) is 3.79. The summed E-state index contributed by atoms with van der Waals surface area (Å²) in [4.78, 5) is 2.68. The van der Waals surface area contributed by atoms with Gasteiger partial charge in [0, 0.05) is 11.6 Å². The largest absolute Gasteiger partial charge is 0.276 e. The van der Waals surface area contributed by atoms with E-state index in [9.17, 15) is 8.42 Å². The molecule has 2 rings (SSSR count). The molecule has 1 aliphatic rings. The summed E-state index contributed by atoms with van der Waals surface area (Å²) in [6.45, 7) is 8.49. The second-order valence-corrected chi connectivity index (χ2v) is 8.84. The molecule has 0 heterocycles. The summed E-state index contributed by atoms with van der Waals surface area (Å²) in [7, 11) is -3.58. The Morgan fingerprint density at radius 3 is 2.36 bits per heavy atom. The molecule has 1 unspecified atom stereocenters. The first-order chi connectivity index (χ1) is 10.2. The molecule has 0 radical (unpaired) electrons. The van der Waals surface area contributed by atoms with Crippen LogP contribution in [0.3, 0.4) is 0 Å². The van der Waals surface area contributed by atoms with Crippen LogP contribution < -0.4 is 4.83 Å². The maximum absolute atomic E-state index is 12.3. The van der Waals surface area contributed by atoms with Gasteiger partial charge in [0.25, 0.3) is 10.0 Å². The molecule has 0 amide bonds. The van der Waals surface area contributed by atoms with Gasteiger partial charge in [0.15, 0.2) is 0 Å². The number of hydrogen-bond donors (Lipinski definition) is 1. The Bertz CT molecular complexity index is 640. The molecule has 0 spiro atoms. The molecule has 0 bridgehead atoms. The highest BCUT2D eigenvalue weighted by molar-refractivity contribution is 7.89. The van der Waals surface area contributed by atoms with E-state index in [-0.39, 0.29) is 10.3 Å². The summed E-state index contributed by atoms with van der Waals surface area (Å²) in [5.41, 5.74) is 2.12. The van der Waals surface area contributed by atoms with Crippen molar-refractivity contribution in [3.05, 3.63) is 29.8 Å². The molecule has 0 aromatic heterocycles. The maximum Gasteiger partial charge on any atom is 0.276 e. The van der Waals surface area contributed by atoms with E-state index in [1.54, 1.807) is 24.3 Å². The van der Waals surface area contributed by atoms with Crippen molar-refractivity contribution in [1.82, 2.24) is 4.83 Å². The van der Waals surface area contributed by atoms with Gasteiger partial charge in [0.05, 0.1) is 4.90 Å². The zero-order valence-electron chi connectivity index (χ0n) is 13.9. The van der Waals surface area contributed by atoms with Crippen LogP contribution in [0.25, 0.3) is 0 Å². The van der Waals surface area contributed by atoms with Crippen LogP contribution in [-0.2, 0) is 10.0 Å². The number of aryl methyl sites for hydroxylation is 1. The lowest BCUT2D eigenvalue weighted by Gasteiger charge is -2.34. The third kappa shape index (κ3) is 4.09. The highest BCUT2D eigenvalue weighted by Gasteiger charge is 2.31. The average molecular weight is 322 g/mol. The van der Waals surface area contributed by atoms with E-state index in [1.165, 1.54) is 6.42 Å². The normalized spacial score (nSPS) is 21.8. The minimum absolute atomic E-state index is 0.106. The first-order valence-electron chi connectivity index (χ1n) is 7.85. The molecule has 1 atom stereocenters. The number of rotatable bonds is 3. The fourth-order valence-electron chi connectivity index (χ4n) is 2.95. The van der Waals surface area contributed by atoms with Crippen molar-refractivity contribution in [2.45, 2.75) is 58.3 Å². The van der Waals surface area contributed by atoms with Gasteiger partial charge in [-0.15, -0.1) is 0 Å². The van der Waals surface area contributed by atoms with Gasteiger partial charge in [-0.2, -0.15) is 13.5 Å². The van der Waals surface area contributed by atoms with Crippen LogP contribution in [0.5, 0.6) is 0 Å². The lowest BCUT2D eigenvalue weighted by Crippen LogP contribution is -2.33. The molecule has 1 aromatic rings. The SMILES string of the molecule is Cc1ccc(S(=O)(=O)N/N=C2/CCCCC2C(C)(C)C)cc1. The van der Waals surface area contributed by atoms with Crippen molar-refractivity contribution in [2.75, 3.05) is 0 Å². The van der Waals surface area contributed by atoms with Gasteiger partial charge in [-0.25, -0.2) is 4.83 Å². The van der Waals surface area contributed by atoms with E-state index in [1.807, 2.05) is 6.92 Å². The van der Waals surface area contributed by atoms with Gasteiger partial charge in [-0.3, -0.25) is 0 Å². The Morgan fingerprint density at radius 1 is 1.14 bits per heavy atom. The number of nitrogens with one attached hydrogen (secondary N) is 1. The average Bonchev–Trinajstić information content (AvgIpc) is 2.45. The highest BCUT2D eigenvalue weighted by Crippen LogP contribution is 2.36. The first-order valence-corrected chi connectivity index (χ1v) is 9.33. The smallest absolute Gasteiger partial charge is 0.200 e. The topological polar surface area (TPSA) is 58.5 Å². The van der Waals surface area contributed by atoms with E-state index >= 15 is 0 Å². The molecule has 0 saturated heterocycles. The van der Waals surface area contributed by atoms with Crippen LogP contribution in [0.2, 0.25) is 0 Å². The first kappa shape index (κ1) is 17.0. The molecule has 1 aromatic carbocycles. The van der Waals surface area contributed by atoms with E-state index in [2.05, 4.69) is 30.7 Å². The zero-order valence-corrected chi connectivity index (χ0v) is 14.7. The molecule has 1 fully saturated rings.